The maximum Gasteiger partial charge on any atom is 0.332 e. The second-order valence-electron chi connectivity index (χ2n) is 4.99. The summed E-state index contributed by atoms with van der Waals surface area (Å²) in [7, 11) is 1.83. The molecular weight excluding hydrogens is 258 g/mol. The molecule has 0 amide bonds. The number of nitrogens with zero attached hydrogens (tertiary/aromatic N) is 4. The third kappa shape index (κ3) is 3.79. The number of hydrogen-bond acceptors (Lipinski definition) is 6. The van der Waals surface area contributed by atoms with Crippen LogP contribution in [-0.4, -0.2) is 35.0 Å². The molecule has 0 radical (unpaired) electrons. The molecule has 0 bridgehead atoms. The van der Waals surface area contributed by atoms with Gasteiger partial charge in [-0.1, -0.05) is 20.3 Å². The highest BCUT2D eigenvalue weighted by molar-refractivity contribution is 5.62. The second kappa shape index (κ2) is 7.02. The normalized spacial score (nSPS) is 12.1. The van der Waals surface area contributed by atoms with Crippen molar-refractivity contribution in [3.05, 3.63) is 15.8 Å². The molecule has 0 aliphatic rings. The molecule has 1 heterocycles. The van der Waals surface area contributed by atoms with Crippen molar-refractivity contribution in [1.82, 2.24) is 9.97 Å². The summed E-state index contributed by atoms with van der Waals surface area (Å²) in [6, 6.07) is 0. The highest BCUT2D eigenvalue weighted by Crippen LogP contribution is 2.29. The Morgan fingerprint density at radius 3 is 2.55 bits per heavy atom. The molecule has 1 N–H and O–H groups in total. The summed E-state index contributed by atoms with van der Waals surface area (Å²) in [6.45, 7) is 9.18. The van der Waals surface area contributed by atoms with Crippen molar-refractivity contribution in [2.24, 2.45) is 5.92 Å². The predicted octanol–water partition coefficient (Wildman–Crippen LogP) is 2.61. The van der Waals surface area contributed by atoms with Gasteiger partial charge in [-0.25, -0.2) is 4.98 Å². The second-order valence-corrected chi connectivity index (χ2v) is 4.99. The molecule has 20 heavy (non-hydrogen) atoms. The van der Waals surface area contributed by atoms with Gasteiger partial charge in [0.1, 0.15) is 5.69 Å². The van der Waals surface area contributed by atoms with Gasteiger partial charge in [0.2, 0.25) is 11.8 Å². The first-order chi connectivity index (χ1) is 9.40. The largest absolute Gasteiger partial charge is 0.354 e. The number of aryl methyl sites for hydroxylation is 1. The predicted molar refractivity (Wildman–Crippen MR) is 80.3 cm³/mol. The number of nitrogens with one attached hydrogen (secondary N) is 1. The first-order valence-electron chi connectivity index (χ1n) is 6.88. The van der Waals surface area contributed by atoms with Crippen molar-refractivity contribution in [2.45, 2.75) is 34.1 Å². The summed E-state index contributed by atoms with van der Waals surface area (Å²) in [5.74, 6) is 1.25. The highest BCUT2D eigenvalue weighted by atomic mass is 16.6. The zero-order valence-corrected chi connectivity index (χ0v) is 12.8. The Morgan fingerprint density at radius 1 is 1.40 bits per heavy atom. The van der Waals surface area contributed by atoms with E-state index >= 15 is 0 Å². The fourth-order valence-electron chi connectivity index (χ4n) is 1.95. The van der Waals surface area contributed by atoms with Crippen LogP contribution in [0.4, 0.5) is 17.5 Å². The van der Waals surface area contributed by atoms with Gasteiger partial charge in [0, 0.05) is 20.1 Å². The monoisotopic (exact) mass is 281 g/mol. The Kier molecular flexibility index (Phi) is 5.66. The average molecular weight is 281 g/mol. The van der Waals surface area contributed by atoms with Crippen LogP contribution in [0.2, 0.25) is 0 Å². The molecular formula is C13H23N5O2. The third-order valence-corrected chi connectivity index (χ3v) is 3.20. The molecule has 0 aliphatic carbocycles. The maximum atomic E-state index is 11.3. The summed E-state index contributed by atoms with van der Waals surface area (Å²) < 4.78 is 0. The zero-order valence-electron chi connectivity index (χ0n) is 12.8. The number of aromatic nitrogens is 2. The lowest BCUT2D eigenvalue weighted by molar-refractivity contribution is -0.385. The van der Waals surface area contributed by atoms with Gasteiger partial charge in [-0.3, -0.25) is 10.1 Å². The van der Waals surface area contributed by atoms with E-state index in [1.165, 1.54) is 0 Å². The Labute approximate surface area is 119 Å². The van der Waals surface area contributed by atoms with E-state index < -0.39 is 4.92 Å². The first-order valence-corrected chi connectivity index (χ1v) is 6.88. The minimum Gasteiger partial charge on any atom is -0.354 e. The average Bonchev–Trinajstić information content (AvgIpc) is 2.37. The topological polar surface area (TPSA) is 84.2 Å². The van der Waals surface area contributed by atoms with E-state index in [1.807, 2.05) is 18.9 Å². The van der Waals surface area contributed by atoms with Crippen molar-refractivity contribution in [3.8, 4) is 0 Å². The molecule has 0 fully saturated rings. The molecule has 7 nitrogen and oxygen atoms in total. The SMILES string of the molecule is CCNc1nc(C)c([N+](=O)[O-])c(N(C)CC(C)CC)n1. The third-order valence-electron chi connectivity index (χ3n) is 3.20. The van der Waals surface area contributed by atoms with Crippen molar-refractivity contribution in [3.63, 3.8) is 0 Å². The molecule has 0 aromatic carbocycles. The molecule has 1 unspecified atom stereocenters. The lowest BCUT2D eigenvalue weighted by atomic mass is 10.1. The molecule has 0 saturated heterocycles. The number of nitro groups is 1. The Morgan fingerprint density at radius 2 is 2.05 bits per heavy atom. The van der Waals surface area contributed by atoms with Crippen molar-refractivity contribution in [1.29, 1.82) is 0 Å². The summed E-state index contributed by atoms with van der Waals surface area (Å²) in [5, 5.41) is 14.3. The molecule has 0 spiro atoms. The van der Waals surface area contributed by atoms with Crippen LogP contribution < -0.4 is 10.2 Å². The standard InChI is InChI=1S/C13H23N5O2/c1-6-9(3)8-17(5)12-11(18(19)20)10(4)15-13(16-12)14-7-2/h9H,6-8H2,1-5H3,(H,14,15,16). The van der Waals surface area contributed by atoms with Crippen LogP contribution in [0.5, 0.6) is 0 Å². The number of hydrogen-bond donors (Lipinski definition) is 1. The van der Waals surface area contributed by atoms with Gasteiger partial charge in [0.25, 0.3) is 0 Å². The van der Waals surface area contributed by atoms with E-state index in [1.54, 1.807) is 6.92 Å². The number of anilines is 2. The Bertz CT molecular complexity index is 478. The fraction of sp³-hybridized carbons (Fsp3) is 0.692. The summed E-state index contributed by atoms with van der Waals surface area (Å²) in [4.78, 5) is 21.1. The van der Waals surface area contributed by atoms with Gasteiger partial charge in [-0.2, -0.15) is 4.98 Å². The van der Waals surface area contributed by atoms with E-state index in [-0.39, 0.29) is 5.69 Å². The maximum absolute atomic E-state index is 11.3. The zero-order chi connectivity index (χ0) is 15.3. The molecule has 1 atom stereocenters. The van der Waals surface area contributed by atoms with Gasteiger partial charge in [0.15, 0.2) is 0 Å². The van der Waals surface area contributed by atoms with Gasteiger partial charge >= 0.3 is 5.69 Å². The summed E-state index contributed by atoms with van der Waals surface area (Å²) >= 11 is 0. The van der Waals surface area contributed by atoms with Crippen LogP contribution in [0, 0.1) is 23.0 Å². The van der Waals surface area contributed by atoms with Crippen LogP contribution in [0.3, 0.4) is 0 Å². The van der Waals surface area contributed by atoms with E-state index in [4.69, 9.17) is 0 Å². The fourth-order valence-corrected chi connectivity index (χ4v) is 1.95. The molecule has 7 heteroatoms. The molecule has 1 aromatic rings. The lowest BCUT2D eigenvalue weighted by Gasteiger charge is -2.22. The molecule has 0 aliphatic heterocycles. The van der Waals surface area contributed by atoms with Crippen molar-refractivity contribution >= 4 is 17.5 Å². The Hall–Kier alpha value is -1.92. The van der Waals surface area contributed by atoms with Gasteiger partial charge in [-0.05, 0) is 19.8 Å². The number of rotatable bonds is 7. The van der Waals surface area contributed by atoms with Crippen LogP contribution in [0.15, 0.2) is 0 Å². The van der Waals surface area contributed by atoms with Crippen molar-refractivity contribution in [2.75, 3.05) is 30.4 Å². The highest BCUT2D eigenvalue weighted by Gasteiger charge is 2.25. The minimum atomic E-state index is -0.409. The Balaban J connectivity index is 3.21. The van der Waals surface area contributed by atoms with E-state index in [0.29, 0.717) is 29.9 Å². The summed E-state index contributed by atoms with van der Waals surface area (Å²) in [6.07, 6.45) is 1.02. The first kappa shape index (κ1) is 16.1. The molecule has 1 aromatic heterocycles. The minimum absolute atomic E-state index is 0.0162. The lowest BCUT2D eigenvalue weighted by Crippen LogP contribution is -2.26. The van der Waals surface area contributed by atoms with Crippen molar-refractivity contribution < 1.29 is 4.92 Å². The van der Waals surface area contributed by atoms with Gasteiger partial charge < -0.3 is 10.2 Å². The van der Waals surface area contributed by atoms with E-state index in [9.17, 15) is 10.1 Å². The van der Waals surface area contributed by atoms with E-state index in [0.717, 1.165) is 13.0 Å². The van der Waals surface area contributed by atoms with Crippen LogP contribution >= 0.6 is 0 Å². The quantitative estimate of drug-likeness (QED) is 0.611. The van der Waals surface area contributed by atoms with Crippen LogP contribution in [-0.2, 0) is 0 Å². The van der Waals surface area contributed by atoms with E-state index in [2.05, 4.69) is 29.1 Å². The molecule has 1 rings (SSSR count). The summed E-state index contributed by atoms with van der Waals surface area (Å²) in [5.41, 5.74) is 0.365. The molecule has 0 saturated carbocycles. The van der Waals surface area contributed by atoms with Crippen LogP contribution in [0.25, 0.3) is 0 Å². The van der Waals surface area contributed by atoms with Crippen LogP contribution in [0.1, 0.15) is 32.9 Å². The van der Waals surface area contributed by atoms with Gasteiger partial charge in [0.05, 0.1) is 4.92 Å². The molecule has 112 valence electrons. The smallest absolute Gasteiger partial charge is 0.332 e. The van der Waals surface area contributed by atoms with Gasteiger partial charge in [-0.15, -0.1) is 0 Å².